The van der Waals surface area contributed by atoms with Crippen LogP contribution in [0.5, 0.6) is 5.88 Å². The van der Waals surface area contributed by atoms with E-state index in [9.17, 15) is 5.11 Å². The normalized spacial score (nSPS) is 23.9. The van der Waals surface area contributed by atoms with Gasteiger partial charge in [-0.15, -0.1) is 0 Å². The molecule has 1 aromatic heterocycles. The molecule has 0 bridgehead atoms. The lowest BCUT2D eigenvalue weighted by molar-refractivity contribution is 0.129. The van der Waals surface area contributed by atoms with Gasteiger partial charge in [0.15, 0.2) is 0 Å². The zero-order valence-corrected chi connectivity index (χ0v) is 11.4. The summed E-state index contributed by atoms with van der Waals surface area (Å²) in [7, 11) is 0. The maximum Gasteiger partial charge on any atom is 0.214 e. The first-order chi connectivity index (χ1) is 8.71. The third-order valence-electron chi connectivity index (χ3n) is 3.71. The number of rotatable bonds is 4. The van der Waals surface area contributed by atoms with Crippen LogP contribution in [0.3, 0.4) is 0 Å². The number of aromatic nitrogens is 1. The van der Waals surface area contributed by atoms with Gasteiger partial charge >= 0.3 is 0 Å². The molecule has 0 unspecified atom stereocenters. The van der Waals surface area contributed by atoms with E-state index in [0.717, 1.165) is 36.4 Å². The highest BCUT2D eigenvalue weighted by atomic mass is 16.5. The summed E-state index contributed by atoms with van der Waals surface area (Å²) in [4.78, 5) is 4.48. The predicted molar refractivity (Wildman–Crippen MR) is 71.6 cm³/mol. The molecule has 1 aliphatic rings. The molecule has 3 heteroatoms. The fourth-order valence-corrected chi connectivity index (χ4v) is 2.47. The van der Waals surface area contributed by atoms with Crippen LogP contribution in [-0.4, -0.2) is 16.2 Å². The summed E-state index contributed by atoms with van der Waals surface area (Å²) in [5.41, 5.74) is 1.88. The molecule has 1 fully saturated rings. The number of hydrogen-bond acceptors (Lipinski definition) is 3. The lowest BCUT2D eigenvalue weighted by Gasteiger charge is -2.26. The Morgan fingerprint density at radius 1 is 1.28 bits per heavy atom. The Labute approximate surface area is 109 Å². The number of nitrogens with zero attached hydrogens (tertiary/aromatic N) is 1. The molecule has 0 radical (unpaired) electrons. The van der Waals surface area contributed by atoms with Crippen LogP contribution < -0.4 is 4.74 Å². The zero-order chi connectivity index (χ0) is 13.0. The molecule has 3 nitrogen and oxygen atoms in total. The Morgan fingerprint density at radius 3 is 2.61 bits per heavy atom. The standard InChI is InChI=1S/C15H23NO2/c1-3-13-8-12(10-17)9-15(16-13)18-14-6-4-11(2)5-7-14/h8-9,11,14,17H,3-7,10H2,1-2H3. The quantitative estimate of drug-likeness (QED) is 0.891. The highest BCUT2D eigenvalue weighted by molar-refractivity contribution is 5.25. The first kappa shape index (κ1) is 13.3. The summed E-state index contributed by atoms with van der Waals surface area (Å²) in [6.07, 6.45) is 5.88. The molecular weight excluding hydrogens is 226 g/mol. The summed E-state index contributed by atoms with van der Waals surface area (Å²) >= 11 is 0. The number of aliphatic hydroxyl groups is 1. The highest BCUT2D eigenvalue weighted by Gasteiger charge is 2.20. The van der Waals surface area contributed by atoms with Crippen molar-refractivity contribution in [1.82, 2.24) is 4.98 Å². The van der Waals surface area contributed by atoms with Gasteiger partial charge in [-0.3, -0.25) is 0 Å². The fourth-order valence-electron chi connectivity index (χ4n) is 2.47. The van der Waals surface area contributed by atoms with Crippen LogP contribution in [0.2, 0.25) is 0 Å². The van der Waals surface area contributed by atoms with E-state index in [0.29, 0.717) is 12.0 Å². The van der Waals surface area contributed by atoms with Gasteiger partial charge in [-0.1, -0.05) is 13.8 Å². The Kier molecular flexibility index (Phi) is 4.59. The summed E-state index contributed by atoms with van der Waals surface area (Å²) in [5.74, 6) is 1.51. The number of aliphatic hydroxyl groups excluding tert-OH is 1. The molecule has 0 atom stereocenters. The van der Waals surface area contributed by atoms with Crippen molar-refractivity contribution in [3.63, 3.8) is 0 Å². The summed E-state index contributed by atoms with van der Waals surface area (Å²) in [5, 5.41) is 9.24. The van der Waals surface area contributed by atoms with Gasteiger partial charge in [0.25, 0.3) is 0 Å². The molecule has 2 rings (SSSR count). The topological polar surface area (TPSA) is 42.4 Å². The van der Waals surface area contributed by atoms with Gasteiger partial charge in [0.05, 0.1) is 6.61 Å². The highest BCUT2D eigenvalue weighted by Crippen LogP contribution is 2.27. The Morgan fingerprint density at radius 2 is 2.00 bits per heavy atom. The van der Waals surface area contributed by atoms with Crippen LogP contribution in [-0.2, 0) is 13.0 Å². The molecule has 1 N–H and O–H groups in total. The molecule has 1 heterocycles. The van der Waals surface area contributed by atoms with E-state index in [-0.39, 0.29) is 6.61 Å². The SMILES string of the molecule is CCc1cc(CO)cc(OC2CCC(C)CC2)n1. The van der Waals surface area contributed by atoms with Crippen molar-refractivity contribution < 1.29 is 9.84 Å². The average Bonchev–Trinajstić information content (AvgIpc) is 2.41. The summed E-state index contributed by atoms with van der Waals surface area (Å²) < 4.78 is 5.97. The fraction of sp³-hybridized carbons (Fsp3) is 0.667. The number of ether oxygens (including phenoxy) is 1. The minimum Gasteiger partial charge on any atom is -0.474 e. The second kappa shape index (κ2) is 6.19. The average molecular weight is 249 g/mol. The zero-order valence-electron chi connectivity index (χ0n) is 11.4. The number of aryl methyl sites for hydroxylation is 1. The Balaban J connectivity index is 2.03. The minimum absolute atomic E-state index is 0.0492. The molecule has 0 spiro atoms. The lowest BCUT2D eigenvalue weighted by Crippen LogP contribution is -2.23. The summed E-state index contributed by atoms with van der Waals surface area (Å²) in [6, 6.07) is 3.80. The molecule has 0 aliphatic heterocycles. The van der Waals surface area contributed by atoms with E-state index in [1.165, 1.54) is 12.8 Å². The Bertz CT molecular complexity index is 362. The van der Waals surface area contributed by atoms with Crippen LogP contribution in [0, 0.1) is 5.92 Å². The van der Waals surface area contributed by atoms with Gasteiger partial charge in [0.1, 0.15) is 6.10 Å². The molecule has 1 aromatic rings. The number of pyridine rings is 1. The maximum atomic E-state index is 9.24. The van der Waals surface area contributed by atoms with Crippen molar-refractivity contribution >= 4 is 0 Å². The lowest BCUT2D eigenvalue weighted by atomic mass is 9.89. The molecule has 1 aliphatic carbocycles. The van der Waals surface area contributed by atoms with Gasteiger partial charge in [0, 0.05) is 11.8 Å². The van der Waals surface area contributed by atoms with Crippen LogP contribution >= 0.6 is 0 Å². The molecule has 0 saturated heterocycles. The van der Waals surface area contributed by atoms with Crippen molar-refractivity contribution in [3.05, 3.63) is 23.4 Å². The van der Waals surface area contributed by atoms with E-state index in [1.807, 2.05) is 12.1 Å². The van der Waals surface area contributed by atoms with E-state index in [4.69, 9.17) is 4.74 Å². The van der Waals surface area contributed by atoms with Crippen molar-refractivity contribution in [3.8, 4) is 5.88 Å². The van der Waals surface area contributed by atoms with Crippen molar-refractivity contribution in [2.45, 2.75) is 58.7 Å². The monoisotopic (exact) mass is 249 g/mol. The largest absolute Gasteiger partial charge is 0.474 e. The van der Waals surface area contributed by atoms with Gasteiger partial charge in [-0.2, -0.15) is 0 Å². The van der Waals surface area contributed by atoms with Gasteiger partial charge in [-0.05, 0) is 49.7 Å². The predicted octanol–water partition coefficient (Wildman–Crippen LogP) is 3.09. The summed E-state index contributed by atoms with van der Waals surface area (Å²) in [6.45, 7) is 4.42. The molecule has 18 heavy (non-hydrogen) atoms. The van der Waals surface area contributed by atoms with Crippen LogP contribution in [0.25, 0.3) is 0 Å². The van der Waals surface area contributed by atoms with Crippen molar-refractivity contribution in [2.75, 3.05) is 0 Å². The van der Waals surface area contributed by atoms with Crippen molar-refractivity contribution in [2.24, 2.45) is 5.92 Å². The molecule has 0 amide bonds. The van der Waals surface area contributed by atoms with Crippen LogP contribution in [0.15, 0.2) is 12.1 Å². The molecule has 100 valence electrons. The molecule has 0 aromatic carbocycles. The second-order valence-corrected chi connectivity index (χ2v) is 5.32. The second-order valence-electron chi connectivity index (χ2n) is 5.32. The third kappa shape index (κ3) is 3.45. The first-order valence-electron chi connectivity index (χ1n) is 6.98. The maximum absolute atomic E-state index is 9.24. The van der Waals surface area contributed by atoms with Crippen molar-refractivity contribution in [1.29, 1.82) is 0 Å². The third-order valence-corrected chi connectivity index (χ3v) is 3.71. The van der Waals surface area contributed by atoms with E-state index >= 15 is 0 Å². The minimum atomic E-state index is 0.0492. The van der Waals surface area contributed by atoms with E-state index in [2.05, 4.69) is 18.8 Å². The van der Waals surface area contributed by atoms with Crippen LogP contribution in [0.1, 0.15) is 50.8 Å². The number of hydrogen-bond donors (Lipinski definition) is 1. The first-order valence-corrected chi connectivity index (χ1v) is 6.98. The Hall–Kier alpha value is -1.09. The molecule has 1 saturated carbocycles. The van der Waals surface area contributed by atoms with E-state index in [1.54, 1.807) is 0 Å². The van der Waals surface area contributed by atoms with Gasteiger partial charge in [0.2, 0.25) is 5.88 Å². The van der Waals surface area contributed by atoms with Gasteiger partial charge < -0.3 is 9.84 Å². The smallest absolute Gasteiger partial charge is 0.214 e. The van der Waals surface area contributed by atoms with Gasteiger partial charge in [-0.25, -0.2) is 4.98 Å². The van der Waals surface area contributed by atoms with Crippen LogP contribution in [0.4, 0.5) is 0 Å². The molecular formula is C15H23NO2. The van der Waals surface area contributed by atoms with E-state index < -0.39 is 0 Å².